The molecule has 0 bridgehead atoms. The van der Waals surface area contributed by atoms with Gasteiger partial charge in [-0.25, -0.2) is 13.2 Å². The molecule has 0 saturated carbocycles. The van der Waals surface area contributed by atoms with Gasteiger partial charge in [0, 0.05) is 25.3 Å². The third kappa shape index (κ3) is 4.54. The Morgan fingerprint density at radius 2 is 1.55 bits per heavy atom. The molecule has 0 aliphatic rings. The van der Waals surface area contributed by atoms with Crippen molar-refractivity contribution in [3.63, 3.8) is 0 Å². The van der Waals surface area contributed by atoms with E-state index in [0.29, 0.717) is 16.9 Å². The van der Waals surface area contributed by atoms with E-state index < -0.39 is 10.0 Å². The van der Waals surface area contributed by atoms with Crippen LogP contribution in [0.3, 0.4) is 0 Å². The second-order valence-corrected chi connectivity index (χ2v) is 9.77. The van der Waals surface area contributed by atoms with Gasteiger partial charge in [-0.2, -0.15) is 0 Å². The maximum absolute atomic E-state index is 12.7. The summed E-state index contributed by atoms with van der Waals surface area (Å²) in [6.07, 6.45) is 1.17. The van der Waals surface area contributed by atoms with Crippen LogP contribution in [0.15, 0.2) is 77.6 Å². The summed E-state index contributed by atoms with van der Waals surface area (Å²) < 4.78 is 29.0. The molecule has 0 radical (unpaired) electrons. The van der Waals surface area contributed by atoms with Crippen LogP contribution in [0.25, 0.3) is 11.0 Å². The number of nitrogens with one attached hydrogen (secondary N) is 1. The van der Waals surface area contributed by atoms with E-state index in [1.807, 2.05) is 6.07 Å². The molecule has 3 aromatic carbocycles. The van der Waals surface area contributed by atoms with E-state index in [-0.39, 0.29) is 18.1 Å². The van der Waals surface area contributed by atoms with Gasteiger partial charge in [-0.3, -0.25) is 18.2 Å². The summed E-state index contributed by atoms with van der Waals surface area (Å²) in [5.41, 5.74) is 3.70. The molecular formula is C24H24N4O4S. The molecule has 0 aliphatic carbocycles. The number of nitrogens with zero attached hydrogens (tertiary/aromatic N) is 3. The zero-order valence-electron chi connectivity index (χ0n) is 18.5. The highest BCUT2D eigenvalue weighted by atomic mass is 32.2. The lowest BCUT2D eigenvalue weighted by Gasteiger charge is -2.22. The number of para-hydroxylation sites is 1. The van der Waals surface area contributed by atoms with Crippen LogP contribution in [-0.2, 0) is 30.7 Å². The zero-order chi connectivity index (χ0) is 23.8. The molecular weight excluding hydrogens is 440 g/mol. The van der Waals surface area contributed by atoms with Gasteiger partial charge < -0.3 is 5.32 Å². The fourth-order valence-corrected chi connectivity index (χ4v) is 4.60. The van der Waals surface area contributed by atoms with Crippen LogP contribution in [-0.4, -0.2) is 29.7 Å². The predicted molar refractivity (Wildman–Crippen MR) is 130 cm³/mol. The first-order valence-electron chi connectivity index (χ1n) is 10.2. The quantitative estimate of drug-likeness (QED) is 0.475. The van der Waals surface area contributed by atoms with Gasteiger partial charge in [-0.1, -0.05) is 30.3 Å². The molecule has 0 fully saturated rings. The van der Waals surface area contributed by atoms with Crippen molar-refractivity contribution in [3.05, 3.63) is 94.4 Å². The molecule has 170 valence electrons. The summed E-state index contributed by atoms with van der Waals surface area (Å²) >= 11 is 0. The van der Waals surface area contributed by atoms with Crippen molar-refractivity contribution in [2.45, 2.75) is 6.54 Å². The van der Waals surface area contributed by atoms with Crippen molar-refractivity contribution in [2.24, 2.45) is 14.1 Å². The SMILES string of the molecule is Cn1c(=O)n(C)c2cc(NC(=O)c3ccc(CN(c4ccccc4)S(C)(=O)=O)cc3)ccc21. The van der Waals surface area contributed by atoms with E-state index in [1.54, 1.807) is 85.4 Å². The van der Waals surface area contributed by atoms with Crippen molar-refractivity contribution in [3.8, 4) is 0 Å². The number of rotatable bonds is 6. The van der Waals surface area contributed by atoms with Gasteiger partial charge in [0.1, 0.15) is 0 Å². The average molecular weight is 465 g/mol. The first-order valence-corrected chi connectivity index (χ1v) is 12.1. The number of amides is 1. The normalized spacial score (nSPS) is 11.5. The van der Waals surface area contributed by atoms with E-state index in [4.69, 9.17) is 0 Å². The maximum atomic E-state index is 12.7. The molecule has 4 rings (SSSR count). The van der Waals surface area contributed by atoms with Crippen molar-refractivity contribution in [2.75, 3.05) is 15.9 Å². The number of imidazole rings is 1. The number of carbonyl (C=O) groups is 1. The Morgan fingerprint density at radius 1 is 0.909 bits per heavy atom. The molecule has 4 aromatic rings. The summed E-state index contributed by atoms with van der Waals surface area (Å²) in [4.78, 5) is 24.8. The number of aromatic nitrogens is 2. The van der Waals surface area contributed by atoms with Crippen LogP contribution in [0, 0.1) is 0 Å². The van der Waals surface area contributed by atoms with Gasteiger partial charge in [0.2, 0.25) is 10.0 Å². The topological polar surface area (TPSA) is 93.4 Å². The molecule has 1 heterocycles. The van der Waals surface area contributed by atoms with Crippen molar-refractivity contribution >= 4 is 38.3 Å². The molecule has 0 saturated heterocycles. The van der Waals surface area contributed by atoms with Gasteiger partial charge in [-0.05, 0) is 48.0 Å². The fraction of sp³-hybridized carbons (Fsp3) is 0.167. The molecule has 8 nitrogen and oxygen atoms in total. The van der Waals surface area contributed by atoms with Crippen molar-refractivity contribution < 1.29 is 13.2 Å². The molecule has 0 spiro atoms. The van der Waals surface area contributed by atoms with Crippen LogP contribution in [0.4, 0.5) is 11.4 Å². The number of fused-ring (bicyclic) bond motifs is 1. The number of anilines is 2. The second-order valence-electron chi connectivity index (χ2n) is 7.86. The lowest BCUT2D eigenvalue weighted by Crippen LogP contribution is -2.29. The standard InChI is InChI=1S/C24H24N4O4S/c1-26-21-14-13-19(15-22(21)27(2)24(26)30)25-23(29)18-11-9-17(10-12-18)16-28(33(3,31)32)20-7-5-4-6-8-20/h4-15H,16H2,1-3H3,(H,25,29). The Bertz CT molecular complexity index is 1490. The molecule has 0 atom stereocenters. The average Bonchev–Trinajstić information content (AvgIpc) is 3.01. The summed E-state index contributed by atoms with van der Waals surface area (Å²) in [5, 5.41) is 2.85. The second kappa shape index (κ2) is 8.59. The minimum Gasteiger partial charge on any atom is -0.322 e. The maximum Gasteiger partial charge on any atom is 0.328 e. The Labute approximate surface area is 191 Å². The van der Waals surface area contributed by atoms with Gasteiger partial charge in [-0.15, -0.1) is 0 Å². The predicted octanol–water partition coefficient (Wildman–Crippen LogP) is 3.10. The summed E-state index contributed by atoms with van der Waals surface area (Å²) in [6, 6.07) is 21.0. The van der Waals surface area contributed by atoms with Crippen LogP contribution >= 0.6 is 0 Å². The Balaban J connectivity index is 1.52. The number of hydrogen-bond acceptors (Lipinski definition) is 4. The smallest absolute Gasteiger partial charge is 0.322 e. The minimum absolute atomic E-state index is 0.136. The van der Waals surface area contributed by atoms with E-state index in [2.05, 4.69) is 5.32 Å². The highest BCUT2D eigenvalue weighted by molar-refractivity contribution is 7.92. The molecule has 1 N–H and O–H groups in total. The van der Waals surface area contributed by atoms with Crippen LogP contribution < -0.4 is 15.3 Å². The molecule has 33 heavy (non-hydrogen) atoms. The number of aryl methyl sites for hydroxylation is 2. The van der Waals surface area contributed by atoms with Gasteiger partial charge in [0.15, 0.2) is 0 Å². The molecule has 1 aromatic heterocycles. The van der Waals surface area contributed by atoms with Gasteiger partial charge in [0.25, 0.3) is 5.91 Å². The number of sulfonamides is 1. The third-order valence-electron chi connectivity index (χ3n) is 5.52. The largest absolute Gasteiger partial charge is 0.328 e. The Kier molecular flexibility index (Phi) is 5.82. The van der Waals surface area contributed by atoms with Crippen LogP contribution in [0.5, 0.6) is 0 Å². The van der Waals surface area contributed by atoms with Crippen molar-refractivity contribution in [1.82, 2.24) is 9.13 Å². The number of benzene rings is 3. The molecule has 1 amide bonds. The molecule has 0 aliphatic heterocycles. The lowest BCUT2D eigenvalue weighted by molar-refractivity contribution is 0.102. The Hall–Kier alpha value is -3.85. The highest BCUT2D eigenvalue weighted by Gasteiger charge is 2.18. The van der Waals surface area contributed by atoms with Crippen molar-refractivity contribution in [1.29, 1.82) is 0 Å². The summed E-state index contributed by atoms with van der Waals surface area (Å²) in [5.74, 6) is -0.301. The van der Waals surface area contributed by atoms with Crippen LogP contribution in [0.2, 0.25) is 0 Å². The first kappa shape index (κ1) is 22.3. The first-order chi connectivity index (χ1) is 15.6. The number of hydrogen-bond donors (Lipinski definition) is 1. The zero-order valence-corrected chi connectivity index (χ0v) is 19.3. The fourth-order valence-electron chi connectivity index (χ4n) is 3.71. The van der Waals surface area contributed by atoms with Gasteiger partial charge in [0.05, 0.1) is 29.5 Å². The lowest BCUT2D eigenvalue weighted by atomic mass is 10.1. The van der Waals surface area contributed by atoms with E-state index >= 15 is 0 Å². The minimum atomic E-state index is -3.48. The summed E-state index contributed by atoms with van der Waals surface area (Å²) in [7, 11) is -0.0918. The monoisotopic (exact) mass is 464 g/mol. The van der Waals surface area contributed by atoms with Gasteiger partial charge >= 0.3 is 5.69 Å². The van der Waals surface area contributed by atoms with Crippen LogP contribution in [0.1, 0.15) is 15.9 Å². The Morgan fingerprint density at radius 3 is 2.18 bits per heavy atom. The highest BCUT2D eigenvalue weighted by Crippen LogP contribution is 2.21. The molecule has 9 heteroatoms. The van der Waals surface area contributed by atoms with E-state index in [0.717, 1.165) is 16.6 Å². The number of carbonyl (C=O) groups excluding carboxylic acids is 1. The van der Waals surface area contributed by atoms with E-state index in [1.165, 1.54) is 15.1 Å². The third-order valence-corrected chi connectivity index (χ3v) is 6.66. The van der Waals surface area contributed by atoms with E-state index in [9.17, 15) is 18.0 Å². The molecule has 0 unspecified atom stereocenters. The summed E-state index contributed by atoms with van der Waals surface area (Å²) in [6.45, 7) is 0.156.